The minimum atomic E-state index is -4.50. The monoisotopic (exact) mass is 335 g/mol. The van der Waals surface area contributed by atoms with Gasteiger partial charge in [-0.2, -0.15) is 13.2 Å². The van der Waals surface area contributed by atoms with E-state index in [-0.39, 0.29) is 23.1 Å². The van der Waals surface area contributed by atoms with E-state index in [2.05, 4.69) is 4.72 Å². The van der Waals surface area contributed by atoms with Crippen LogP contribution < -0.4 is 9.46 Å². The Balaban J connectivity index is 2.25. The van der Waals surface area contributed by atoms with E-state index in [4.69, 9.17) is 4.74 Å². The Bertz CT molecular complexity index is 681. The zero-order chi connectivity index (χ0) is 16.5. The third-order valence-electron chi connectivity index (χ3n) is 3.00. The Morgan fingerprint density at radius 3 is 2.59 bits per heavy atom. The van der Waals surface area contributed by atoms with E-state index in [0.29, 0.717) is 5.56 Å². The zero-order valence-electron chi connectivity index (χ0n) is 12.0. The van der Waals surface area contributed by atoms with Gasteiger partial charge in [0.15, 0.2) is 0 Å². The first-order valence-corrected chi connectivity index (χ1v) is 8.13. The van der Waals surface area contributed by atoms with Gasteiger partial charge in [0.05, 0.1) is 4.90 Å². The van der Waals surface area contributed by atoms with Gasteiger partial charge in [-0.3, -0.25) is 0 Å². The molecular weight excluding hydrogens is 319 g/mol. The van der Waals surface area contributed by atoms with Crippen molar-refractivity contribution >= 4 is 16.1 Å². The van der Waals surface area contributed by atoms with E-state index >= 15 is 0 Å². The van der Waals surface area contributed by atoms with Crippen LogP contribution in [0.5, 0.6) is 5.75 Å². The van der Waals surface area contributed by atoms with Crippen LogP contribution in [0.3, 0.4) is 0 Å². The van der Waals surface area contributed by atoms with Gasteiger partial charge in [0.1, 0.15) is 5.75 Å². The van der Waals surface area contributed by atoms with Crippen molar-refractivity contribution in [2.45, 2.75) is 31.0 Å². The number of rotatable bonds is 4. The van der Waals surface area contributed by atoms with Gasteiger partial charge in [0.25, 0.3) is 0 Å². The van der Waals surface area contributed by atoms with Gasteiger partial charge in [-0.15, -0.1) is 0 Å². The molecule has 1 atom stereocenters. The quantitative estimate of drug-likeness (QED) is 0.920. The number of sulfonamides is 1. The molecule has 0 amide bonds. The number of fused-ring (bicyclic) bond motifs is 1. The van der Waals surface area contributed by atoms with E-state index in [9.17, 15) is 21.6 Å². The third-order valence-corrected chi connectivity index (χ3v) is 4.42. The molecule has 0 bridgehead atoms. The van der Waals surface area contributed by atoms with Crippen molar-refractivity contribution in [1.82, 2.24) is 4.72 Å². The Morgan fingerprint density at radius 2 is 2.00 bits per heavy atom. The molecule has 8 heteroatoms. The Kier molecular flexibility index (Phi) is 4.53. The molecule has 0 saturated carbocycles. The molecular formula is C14H16F3NO3S. The van der Waals surface area contributed by atoms with Crippen LogP contribution in [0.1, 0.15) is 19.4 Å². The molecule has 0 fully saturated rings. The molecule has 22 heavy (non-hydrogen) atoms. The summed E-state index contributed by atoms with van der Waals surface area (Å²) in [5, 5.41) is 0. The van der Waals surface area contributed by atoms with Crippen LogP contribution in [0.2, 0.25) is 0 Å². The van der Waals surface area contributed by atoms with Crippen LogP contribution in [0.15, 0.2) is 29.2 Å². The van der Waals surface area contributed by atoms with Crippen LogP contribution in [0, 0.1) is 5.92 Å². The molecule has 1 aliphatic heterocycles. The lowest BCUT2D eigenvalue weighted by Gasteiger charge is -2.23. The molecule has 2 rings (SSSR count). The fourth-order valence-corrected chi connectivity index (χ4v) is 3.08. The minimum Gasteiger partial charge on any atom is -0.476 e. The fourth-order valence-electron chi connectivity index (χ4n) is 1.83. The van der Waals surface area contributed by atoms with Crippen molar-refractivity contribution in [2.24, 2.45) is 5.92 Å². The van der Waals surface area contributed by atoms with Crippen molar-refractivity contribution in [3.63, 3.8) is 0 Å². The molecule has 1 aromatic rings. The second-order valence-electron chi connectivity index (χ2n) is 5.38. The zero-order valence-corrected chi connectivity index (χ0v) is 12.8. The second kappa shape index (κ2) is 5.92. The molecule has 1 unspecified atom stereocenters. The summed E-state index contributed by atoms with van der Waals surface area (Å²) in [6.45, 7) is 4.01. The molecule has 122 valence electrons. The van der Waals surface area contributed by atoms with E-state index in [0.717, 1.165) is 6.08 Å². The third kappa shape index (κ3) is 3.80. The smallest absolute Gasteiger partial charge is 0.429 e. The number of ether oxygens (including phenoxy) is 1. The highest BCUT2D eigenvalue weighted by atomic mass is 32.2. The number of hydrogen-bond donors (Lipinski definition) is 1. The van der Waals surface area contributed by atoms with E-state index in [1.165, 1.54) is 24.3 Å². The van der Waals surface area contributed by atoms with Crippen molar-refractivity contribution in [2.75, 3.05) is 6.54 Å². The first-order chi connectivity index (χ1) is 10.1. The highest BCUT2D eigenvalue weighted by molar-refractivity contribution is 7.89. The number of benzene rings is 1. The van der Waals surface area contributed by atoms with Crippen molar-refractivity contribution in [3.8, 4) is 5.75 Å². The Hall–Kier alpha value is -1.54. The minimum absolute atomic E-state index is 0.00707. The summed E-state index contributed by atoms with van der Waals surface area (Å²) in [5.74, 6) is 0.149. The van der Waals surface area contributed by atoms with Crippen molar-refractivity contribution < 1.29 is 26.3 Å². The lowest BCUT2D eigenvalue weighted by atomic mass is 10.1. The first kappa shape index (κ1) is 16.8. The Morgan fingerprint density at radius 1 is 1.32 bits per heavy atom. The lowest BCUT2D eigenvalue weighted by molar-refractivity contribution is -0.180. The highest BCUT2D eigenvalue weighted by Crippen LogP contribution is 2.34. The highest BCUT2D eigenvalue weighted by Gasteiger charge is 2.41. The summed E-state index contributed by atoms with van der Waals surface area (Å²) in [7, 11) is -3.69. The normalized spacial score (nSPS) is 18.2. The predicted octanol–water partition coefficient (Wildman–Crippen LogP) is 2.96. The van der Waals surface area contributed by atoms with Gasteiger partial charge < -0.3 is 4.74 Å². The Labute approximate surface area is 127 Å². The second-order valence-corrected chi connectivity index (χ2v) is 7.15. The van der Waals surface area contributed by atoms with E-state index in [1.54, 1.807) is 0 Å². The molecule has 1 aromatic carbocycles. The maximum absolute atomic E-state index is 12.6. The summed E-state index contributed by atoms with van der Waals surface area (Å²) >= 11 is 0. The summed E-state index contributed by atoms with van der Waals surface area (Å²) in [5.41, 5.74) is 0.299. The summed E-state index contributed by atoms with van der Waals surface area (Å²) in [6.07, 6.45) is -4.43. The lowest BCUT2D eigenvalue weighted by Crippen LogP contribution is -2.34. The average molecular weight is 335 g/mol. The summed E-state index contributed by atoms with van der Waals surface area (Å²) < 4.78 is 69.3. The molecule has 1 heterocycles. The van der Waals surface area contributed by atoms with E-state index < -0.39 is 22.3 Å². The van der Waals surface area contributed by atoms with Crippen LogP contribution in [-0.4, -0.2) is 27.2 Å². The molecule has 1 N–H and O–H groups in total. The van der Waals surface area contributed by atoms with Gasteiger partial charge in [-0.1, -0.05) is 19.9 Å². The summed E-state index contributed by atoms with van der Waals surface area (Å²) in [4.78, 5) is -0.00870. The SMILES string of the molecule is CC(C)CNS(=O)(=O)c1ccc2c(c1)C=CC(C(F)(F)F)O2. The molecule has 0 radical (unpaired) electrons. The topological polar surface area (TPSA) is 55.4 Å². The maximum Gasteiger partial charge on any atom is 0.429 e. The van der Waals surface area contributed by atoms with Gasteiger partial charge in [-0.05, 0) is 30.2 Å². The standard InChI is InChI=1S/C14H16F3NO3S/c1-9(2)8-18-22(19,20)11-4-5-12-10(7-11)3-6-13(21-12)14(15,16)17/h3-7,9,13,18H,8H2,1-2H3. The first-order valence-electron chi connectivity index (χ1n) is 6.65. The van der Waals surface area contributed by atoms with E-state index in [1.807, 2.05) is 13.8 Å². The van der Waals surface area contributed by atoms with Crippen molar-refractivity contribution in [3.05, 3.63) is 29.8 Å². The van der Waals surface area contributed by atoms with Gasteiger partial charge in [0.2, 0.25) is 16.1 Å². The van der Waals surface area contributed by atoms with Crippen LogP contribution in [0.25, 0.3) is 6.08 Å². The molecule has 0 aliphatic carbocycles. The molecule has 0 saturated heterocycles. The number of hydrogen-bond acceptors (Lipinski definition) is 3. The molecule has 0 aromatic heterocycles. The van der Waals surface area contributed by atoms with Crippen LogP contribution in [0.4, 0.5) is 13.2 Å². The number of halogens is 3. The van der Waals surface area contributed by atoms with Gasteiger partial charge in [-0.25, -0.2) is 13.1 Å². The van der Waals surface area contributed by atoms with Crippen molar-refractivity contribution in [1.29, 1.82) is 0 Å². The molecule has 0 spiro atoms. The van der Waals surface area contributed by atoms with Gasteiger partial charge in [0, 0.05) is 12.1 Å². The van der Waals surface area contributed by atoms with Crippen LogP contribution in [-0.2, 0) is 10.0 Å². The maximum atomic E-state index is 12.6. The van der Waals surface area contributed by atoms with Crippen LogP contribution >= 0.6 is 0 Å². The average Bonchev–Trinajstić information content (AvgIpc) is 2.43. The molecule has 4 nitrogen and oxygen atoms in total. The fraction of sp³-hybridized carbons (Fsp3) is 0.429. The largest absolute Gasteiger partial charge is 0.476 e. The number of nitrogens with one attached hydrogen (secondary N) is 1. The summed E-state index contributed by atoms with van der Waals surface area (Å²) in [6, 6.07) is 3.76. The molecule has 1 aliphatic rings. The predicted molar refractivity (Wildman–Crippen MR) is 76.0 cm³/mol. The van der Waals surface area contributed by atoms with Gasteiger partial charge >= 0.3 is 6.18 Å². The number of alkyl halides is 3.